The highest BCUT2D eigenvalue weighted by Gasteiger charge is 1.94. The third-order valence-corrected chi connectivity index (χ3v) is 2.53. The Morgan fingerprint density at radius 2 is 1.14 bits per heavy atom. The number of hydrogen-bond donors (Lipinski definition) is 0. The van der Waals surface area contributed by atoms with Crippen molar-refractivity contribution >= 4 is 22.2 Å². The van der Waals surface area contributed by atoms with E-state index in [0.717, 1.165) is 25.7 Å². The third-order valence-electron chi connectivity index (χ3n) is 1.54. The van der Waals surface area contributed by atoms with Crippen LogP contribution in [0, 0.1) is 0 Å². The lowest BCUT2D eigenvalue weighted by atomic mass is 10.2. The molecule has 0 amide bonds. The van der Waals surface area contributed by atoms with Crippen LogP contribution in [0.15, 0.2) is 0 Å². The second-order valence-electron chi connectivity index (χ2n) is 2.86. The Hall–Kier alpha value is 0.220. The van der Waals surface area contributed by atoms with Gasteiger partial charge in [0.2, 0.25) is 0 Å². The zero-order valence-corrected chi connectivity index (χ0v) is 10.3. The Bertz CT molecular complexity index is 164. The van der Waals surface area contributed by atoms with Gasteiger partial charge in [0.15, 0.2) is 22.2 Å². The highest BCUT2D eigenvalue weighted by Crippen LogP contribution is 2.01. The fourth-order valence-corrected chi connectivity index (χ4v) is 1.62. The zero-order chi connectivity index (χ0) is 10.8. The standard InChI is InChI=1S/C8H18O4S2/c1-13(9)11-7-5-3-4-6-8-12-14(2)10/h3-8H2,1-2H3. The van der Waals surface area contributed by atoms with E-state index in [1.165, 1.54) is 12.5 Å². The Labute approximate surface area is 90.7 Å². The predicted molar refractivity (Wildman–Crippen MR) is 58.5 cm³/mol. The first-order chi connectivity index (χ1) is 6.63. The van der Waals surface area contributed by atoms with E-state index >= 15 is 0 Å². The Balaban J connectivity index is 2.99. The average molecular weight is 242 g/mol. The van der Waals surface area contributed by atoms with E-state index < -0.39 is 22.2 Å². The molecule has 2 unspecified atom stereocenters. The summed E-state index contributed by atoms with van der Waals surface area (Å²) in [6.45, 7) is 1.09. The van der Waals surface area contributed by atoms with E-state index in [2.05, 4.69) is 0 Å². The summed E-state index contributed by atoms with van der Waals surface area (Å²) >= 11 is -2.29. The quantitative estimate of drug-likeness (QED) is 0.569. The van der Waals surface area contributed by atoms with Crippen molar-refractivity contribution in [3.8, 4) is 0 Å². The fraction of sp³-hybridized carbons (Fsp3) is 1.00. The molecule has 0 aliphatic carbocycles. The fourth-order valence-electron chi connectivity index (χ4n) is 0.910. The van der Waals surface area contributed by atoms with E-state index in [1.807, 2.05) is 0 Å². The van der Waals surface area contributed by atoms with Gasteiger partial charge in [-0.2, -0.15) is 0 Å². The molecule has 2 atom stereocenters. The van der Waals surface area contributed by atoms with E-state index in [4.69, 9.17) is 8.37 Å². The van der Waals surface area contributed by atoms with Crippen molar-refractivity contribution in [2.24, 2.45) is 0 Å². The third kappa shape index (κ3) is 12.2. The van der Waals surface area contributed by atoms with Crippen LogP contribution in [-0.4, -0.2) is 34.1 Å². The maximum Gasteiger partial charge on any atom is 0.152 e. The molecule has 0 aliphatic heterocycles. The van der Waals surface area contributed by atoms with E-state index in [-0.39, 0.29) is 0 Å². The van der Waals surface area contributed by atoms with Crippen molar-refractivity contribution < 1.29 is 16.8 Å². The van der Waals surface area contributed by atoms with E-state index in [0.29, 0.717) is 13.2 Å². The Morgan fingerprint density at radius 1 is 0.786 bits per heavy atom. The Morgan fingerprint density at radius 3 is 1.43 bits per heavy atom. The van der Waals surface area contributed by atoms with Gasteiger partial charge in [0.05, 0.1) is 13.2 Å². The maximum absolute atomic E-state index is 10.5. The second-order valence-corrected chi connectivity index (χ2v) is 4.94. The normalized spacial score (nSPS) is 15.3. The maximum atomic E-state index is 10.5. The second kappa shape index (κ2) is 9.76. The molecule has 14 heavy (non-hydrogen) atoms. The van der Waals surface area contributed by atoms with E-state index in [1.54, 1.807) is 0 Å². The molecule has 0 saturated carbocycles. The summed E-state index contributed by atoms with van der Waals surface area (Å²) < 4.78 is 30.7. The van der Waals surface area contributed by atoms with Gasteiger partial charge < -0.3 is 0 Å². The van der Waals surface area contributed by atoms with Crippen molar-refractivity contribution in [1.82, 2.24) is 0 Å². The van der Waals surface area contributed by atoms with Crippen LogP contribution in [0.1, 0.15) is 25.7 Å². The molecule has 0 rings (SSSR count). The zero-order valence-electron chi connectivity index (χ0n) is 8.69. The predicted octanol–water partition coefficient (Wildman–Crippen LogP) is 1.17. The SMILES string of the molecule is CS(=O)OCCCCCCOS(C)=O. The minimum atomic E-state index is -1.15. The van der Waals surface area contributed by atoms with Gasteiger partial charge in [-0.15, -0.1) is 0 Å². The largest absolute Gasteiger partial charge is 0.291 e. The van der Waals surface area contributed by atoms with Gasteiger partial charge in [-0.3, -0.25) is 8.37 Å². The van der Waals surface area contributed by atoms with Crippen LogP contribution in [0.4, 0.5) is 0 Å². The molecule has 0 aromatic carbocycles. The molecule has 6 heteroatoms. The molecule has 0 fully saturated rings. The van der Waals surface area contributed by atoms with Crippen molar-refractivity contribution in [2.45, 2.75) is 25.7 Å². The average Bonchev–Trinajstić information content (AvgIpc) is 2.08. The highest BCUT2D eigenvalue weighted by atomic mass is 32.2. The number of unbranched alkanes of at least 4 members (excludes halogenated alkanes) is 3. The molecule has 86 valence electrons. The van der Waals surface area contributed by atoms with Crippen LogP contribution in [0.3, 0.4) is 0 Å². The van der Waals surface area contributed by atoms with Crippen LogP contribution in [0.25, 0.3) is 0 Å². The summed E-state index contributed by atoms with van der Waals surface area (Å²) in [4.78, 5) is 0. The van der Waals surface area contributed by atoms with Crippen LogP contribution < -0.4 is 0 Å². The molecule has 4 nitrogen and oxygen atoms in total. The summed E-state index contributed by atoms with van der Waals surface area (Å²) in [5.41, 5.74) is 0. The smallest absolute Gasteiger partial charge is 0.152 e. The van der Waals surface area contributed by atoms with Gasteiger partial charge in [0, 0.05) is 12.5 Å². The molecule has 0 bridgehead atoms. The first-order valence-electron chi connectivity index (χ1n) is 4.56. The van der Waals surface area contributed by atoms with Crippen LogP contribution in [-0.2, 0) is 30.5 Å². The molecule has 0 saturated heterocycles. The number of hydrogen-bond acceptors (Lipinski definition) is 4. The molecule has 0 N–H and O–H groups in total. The first kappa shape index (κ1) is 14.2. The van der Waals surface area contributed by atoms with Crippen molar-refractivity contribution in [1.29, 1.82) is 0 Å². The van der Waals surface area contributed by atoms with E-state index in [9.17, 15) is 8.42 Å². The van der Waals surface area contributed by atoms with Crippen molar-refractivity contribution in [3.63, 3.8) is 0 Å². The van der Waals surface area contributed by atoms with Gasteiger partial charge >= 0.3 is 0 Å². The topological polar surface area (TPSA) is 52.6 Å². The first-order valence-corrected chi connectivity index (χ1v) is 7.53. The van der Waals surface area contributed by atoms with Gasteiger partial charge in [-0.25, -0.2) is 8.42 Å². The molecule has 0 aliphatic rings. The van der Waals surface area contributed by atoms with Crippen molar-refractivity contribution in [2.75, 3.05) is 25.7 Å². The van der Waals surface area contributed by atoms with Crippen molar-refractivity contribution in [3.05, 3.63) is 0 Å². The summed E-state index contributed by atoms with van der Waals surface area (Å²) in [7, 11) is 0. The summed E-state index contributed by atoms with van der Waals surface area (Å²) in [5, 5.41) is 0. The lowest BCUT2D eigenvalue weighted by Crippen LogP contribution is -1.98. The van der Waals surface area contributed by atoms with Crippen LogP contribution in [0.2, 0.25) is 0 Å². The molecular weight excluding hydrogens is 224 g/mol. The van der Waals surface area contributed by atoms with Gasteiger partial charge in [0.1, 0.15) is 0 Å². The molecule has 0 aromatic rings. The lowest BCUT2D eigenvalue weighted by Gasteiger charge is -2.01. The summed E-state index contributed by atoms with van der Waals surface area (Å²) in [6.07, 6.45) is 6.91. The van der Waals surface area contributed by atoms with Crippen LogP contribution in [0.5, 0.6) is 0 Å². The van der Waals surface area contributed by atoms with Gasteiger partial charge in [0.25, 0.3) is 0 Å². The molecule has 0 spiro atoms. The summed E-state index contributed by atoms with van der Waals surface area (Å²) in [6, 6.07) is 0. The molecule has 0 heterocycles. The summed E-state index contributed by atoms with van der Waals surface area (Å²) in [5.74, 6) is 0. The van der Waals surface area contributed by atoms with Gasteiger partial charge in [-0.1, -0.05) is 12.8 Å². The Kier molecular flexibility index (Phi) is 9.92. The molecular formula is C8H18O4S2. The van der Waals surface area contributed by atoms with Crippen LogP contribution >= 0.6 is 0 Å². The highest BCUT2D eigenvalue weighted by molar-refractivity contribution is 7.79. The van der Waals surface area contributed by atoms with Gasteiger partial charge in [-0.05, 0) is 12.8 Å². The minimum absolute atomic E-state index is 0.545. The minimum Gasteiger partial charge on any atom is -0.291 e. The number of rotatable bonds is 9. The lowest BCUT2D eigenvalue weighted by molar-refractivity contribution is 0.316. The monoisotopic (exact) mass is 242 g/mol. The molecule has 0 radical (unpaired) electrons. The molecule has 0 aromatic heterocycles.